The minimum Gasteiger partial charge on any atom is -0.444 e. The summed E-state index contributed by atoms with van der Waals surface area (Å²) in [7, 11) is 0. The van der Waals surface area contributed by atoms with Crippen LogP contribution in [0, 0.1) is 13.8 Å². The number of alkyl carbamates (subject to hydrolysis) is 1. The topological polar surface area (TPSA) is 87.7 Å². The quantitative estimate of drug-likeness (QED) is 0.688. The maximum absolute atomic E-state index is 13.5. The van der Waals surface area contributed by atoms with E-state index in [1.165, 1.54) is 0 Å². The van der Waals surface area contributed by atoms with Crippen molar-refractivity contribution in [1.29, 1.82) is 0 Å². The number of nitrogens with one attached hydrogen (secondary N) is 2. The predicted octanol–water partition coefficient (Wildman–Crippen LogP) is 4.17. The molecule has 0 bridgehead atoms. The number of rotatable bonds is 6. The molecule has 3 amide bonds. The van der Waals surface area contributed by atoms with E-state index in [9.17, 15) is 14.4 Å². The first-order valence-electron chi connectivity index (χ1n) is 11.3. The molecular formula is C25H39N3O4. The molecule has 2 N–H and O–H groups in total. The summed E-state index contributed by atoms with van der Waals surface area (Å²) in [5, 5.41) is 5.60. The van der Waals surface area contributed by atoms with Gasteiger partial charge in [0.05, 0.1) is 0 Å². The highest BCUT2D eigenvalue weighted by atomic mass is 16.6. The van der Waals surface area contributed by atoms with E-state index >= 15 is 0 Å². The Labute approximate surface area is 192 Å². The fraction of sp³-hybridized carbons (Fsp3) is 0.640. The molecule has 1 aliphatic carbocycles. The predicted molar refractivity (Wildman–Crippen MR) is 125 cm³/mol. The van der Waals surface area contributed by atoms with Crippen LogP contribution in [0.15, 0.2) is 18.2 Å². The molecular weight excluding hydrogens is 406 g/mol. The first kappa shape index (κ1) is 25.7. The molecule has 0 aromatic heterocycles. The molecule has 1 atom stereocenters. The van der Waals surface area contributed by atoms with Crippen LogP contribution in [-0.2, 0) is 14.3 Å². The highest BCUT2D eigenvalue weighted by Crippen LogP contribution is 2.34. The highest BCUT2D eigenvalue weighted by Gasteiger charge is 2.39. The molecule has 2 rings (SSSR count). The van der Waals surface area contributed by atoms with Gasteiger partial charge in [0.1, 0.15) is 18.2 Å². The van der Waals surface area contributed by atoms with Crippen molar-refractivity contribution < 1.29 is 19.1 Å². The Morgan fingerprint density at radius 1 is 1.03 bits per heavy atom. The highest BCUT2D eigenvalue weighted by molar-refractivity contribution is 5.91. The normalized spacial score (nSPS) is 15.4. The van der Waals surface area contributed by atoms with Crippen LogP contribution in [0.4, 0.5) is 4.79 Å². The number of hydrogen-bond donors (Lipinski definition) is 2. The van der Waals surface area contributed by atoms with Crippen LogP contribution in [0.2, 0.25) is 0 Å². The standard InChI is InChI=1S/C25H39N3O4/c1-16-12-17(2)14-18(13-16)21(22(30)27-24(3,4)5)28(19-10-9-11-19)20(29)15-26-23(31)32-25(6,7)8/h12-14,19,21H,9-11,15H2,1-8H3,(H,26,31)(H,27,30). The Balaban J connectivity index is 2.37. The molecule has 32 heavy (non-hydrogen) atoms. The molecule has 1 unspecified atom stereocenters. The number of carbonyl (C=O) groups excluding carboxylic acids is 3. The number of carbonyl (C=O) groups is 3. The maximum Gasteiger partial charge on any atom is 0.408 e. The SMILES string of the molecule is Cc1cc(C)cc(C(C(=O)NC(C)(C)C)N(C(=O)CNC(=O)OC(C)(C)C)C2CCC2)c1. The molecule has 1 fully saturated rings. The van der Waals surface area contributed by atoms with Gasteiger partial charge < -0.3 is 20.3 Å². The number of nitrogens with zero attached hydrogens (tertiary/aromatic N) is 1. The molecule has 1 aliphatic rings. The lowest BCUT2D eigenvalue weighted by molar-refractivity contribution is -0.145. The van der Waals surface area contributed by atoms with E-state index in [4.69, 9.17) is 4.74 Å². The van der Waals surface area contributed by atoms with Gasteiger partial charge in [-0.3, -0.25) is 9.59 Å². The van der Waals surface area contributed by atoms with Crippen LogP contribution < -0.4 is 10.6 Å². The van der Waals surface area contributed by atoms with Gasteiger partial charge in [0, 0.05) is 11.6 Å². The summed E-state index contributed by atoms with van der Waals surface area (Å²) in [6, 6.07) is 5.15. The smallest absolute Gasteiger partial charge is 0.408 e. The van der Waals surface area contributed by atoms with Gasteiger partial charge in [-0.15, -0.1) is 0 Å². The van der Waals surface area contributed by atoms with Gasteiger partial charge in [-0.1, -0.05) is 29.3 Å². The second kappa shape index (κ2) is 9.92. The lowest BCUT2D eigenvalue weighted by Crippen LogP contribution is -2.55. The van der Waals surface area contributed by atoms with Crippen LogP contribution in [0.25, 0.3) is 0 Å². The fourth-order valence-electron chi connectivity index (χ4n) is 3.82. The molecule has 0 radical (unpaired) electrons. The minimum atomic E-state index is -0.772. The van der Waals surface area contributed by atoms with E-state index in [-0.39, 0.29) is 24.4 Å². The van der Waals surface area contributed by atoms with E-state index in [1.807, 2.05) is 52.8 Å². The summed E-state index contributed by atoms with van der Waals surface area (Å²) in [6.45, 7) is 14.8. The van der Waals surface area contributed by atoms with Crippen molar-refractivity contribution in [1.82, 2.24) is 15.5 Å². The molecule has 0 saturated heterocycles. The van der Waals surface area contributed by atoms with Crippen molar-refractivity contribution >= 4 is 17.9 Å². The molecule has 1 aromatic rings. The van der Waals surface area contributed by atoms with Gasteiger partial charge in [-0.25, -0.2) is 4.79 Å². The van der Waals surface area contributed by atoms with Gasteiger partial charge in [0.15, 0.2) is 0 Å². The molecule has 0 heterocycles. The maximum atomic E-state index is 13.5. The number of hydrogen-bond acceptors (Lipinski definition) is 4. The lowest BCUT2D eigenvalue weighted by atomic mass is 9.88. The van der Waals surface area contributed by atoms with E-state index in [0.717, 1.165) is 36.0 Å². The monoisotopic (exact) mass is 445 g/mol. The van der Waals surface area contributed by atoms with Crippen LogP contribution in [-0.4, -0.2) is 46.5 Å². The molecule has 7 nitrogen and oxygen atoms in total. The summed E-state index contributed by atoms with van der Waals surface area (Å²) in [5.74, 6) is -0.520. The first-order valence-corrected chi connectivity index (χ1v) is 11.3. The summed E-state index contributed by atoms with van der Waals surface area (Å²) in [5.41, 5.74) is 1.73. The zero-order valence-electron chi connectivity index (χ0n) is 20.8. The Kier molecular flexibility index (Phi) is 7.97. The first-order chi connectivity index (χ1) is 14.7. The Morgan fingerprint density at radius 2 is 1.59 bits per heavy atom. The molecule has 1 saturated carbocycles. The van der Waals surface area contributed by atoms with Gasteiger partial charge in [-0.05, 0) is 80.2 Å². The third-order valence-corrected chi connectivity index (χ3v) is 5.12. The second-order valence-corrected chi connectivity index (χ2v) is 10.8. The van der Waals surface area contributed by atoms with E-state index in [1.54, 1.807) is 25.7 Å². The van der Waals surface area contributed by atoms with E-state index < -0.39 is 23.3 Å². The van der Waals surface area contributed by atoms with Crippen molar-refractivity contribution in [2.45, 2.75) is 97.9 Å². The summed E-state index contributed by atoms with van der Waals surface area (Å²) >= 11 is 0. The largest absolute Gasteiger partial charge is 0.444 e. The number of aryl methyl sites for hydroxylation is 2. The average Bonchev–Trinajstić information content (AvgIpc) is 2.53. The summed E-state index contributed by atoms with van der Waals surface area (Å²) in [6.07, 6.45) is 2.03. The number of benzene rings is 1. The molecule has 1 aromatic carbocycles. The van der Waals surface area contributed by atoms with Crippen LogP contribution >= 0.6 is 0 Å². The third kappa shape index (κ3) is 7.53. The summed E-state index contributed by atoms with van der Waals surface area (Å²) < 4.78 is 5.26. The van der Waals surface area contributed by atoms with Crippen molar-refractivity contribution in [3.05, 3.63) is 34.9 Å². The van der Waals surface area contributed by atoms with Crippen molar-refractivity contribution in [3.8, 4) is 0 Å². The number of ether oxygens (including phenoxy) is 1. The molecule has 178 valence electrons. The lowest BCUT2D eigenvalue weighted by Gasteiger charge is -2.43. The molecule has 0 aliphatic heterocycles. The van der Waals surface area contributed by atoms with E-state index in [2.05, 4.69) is 10.6 Å². The zero-order valence-corrected chi connectivity index (χ0v) is 20.8. The van der Waals surface area contributed by atoms with Crippen molar-refractivity contribution in [3.63, 3.8) is 0 Å². The molecule has 0 spiro atoms. The minimum absolute atomic E-state index is 0.0422. The Bertz CT molecular complexity index is 827. The van der Waals surface area contributed by atoms with Crippen LogP contribution in [0.5, 0.6) is 0 Å². The van der Waals surface area contributed by atoms with Crippen molar-refractivity contribution in [2.24, 2.45) is 0 Å². The van der Waals surface area contributed by atoms with Crippen LogP contribution in [0.3, 0.4) is 0 Å². The van der Waals surface area contributed by atoms with Gasteiger partial charge in [0.25, 0.3) is 0 Å². The van der Waals surface area contributed by atoms with E-state index in [0.29, 0.717) is 0 Å². The van der Waals surface area contributed by atoms with Gasteiger partial charge in [-0.2, -0.15) is 0 Å². The van der Waals surface area contributed by atoms with Crippen LogP contribution in [0.1, 0.15) is 83.5 Å². The Hall–Kier alpha value is -2.57. The fourth-order valence-corrected chi connectivity index (χ4v) is 3.82. The van der Waals surface area contributed by atoms with Crippen molar-refractivity contribution in [2.75, 3.05) is 6.54 Å². The van der Waals surface area contributed by atoms with Gasteiger partial charge in [0.2, 0.25) is 11.8 Å². The third-order valence-electron chi connectivity index (χ3n) is 5.12. The molecule has 7 heteroatoms. The van der Waals surface area contributed by atoms with Gasteiger partial charge >= 0.3 is 6.09 Å². The number of amides is 3. The summed E-state index contributed by atoms with van der Waals surface area (Å²) in [4.78, 5) is 40.6. The Morgan fingerprint density at radius 3 is 2.03 bits per heavy atom. The average molecular weight is 446 g/mol. The second-order valence-electron chi connectivity index (χ2n) is 10.8. The zero-order chi connectivity index (χ0) is 24.3.